The van der Waals surface area contributed by atoms with Crippen LogP contribution in [0.1, 0.15) is 39.0 Å². The molecule has 3 atom stereocenters. The Balaban J connectivity index is 2.52. The number of rotatable bonds is 6. The Labute approximate surface area is 125 Å². The maximum Gasteiger partial charge on any atom is 0.326 e. The zero-order chi connectivity index (χ0) is 15.1. The number of hydrogen-bond donors (Lipinski definition) is 2. The minimum absolute atomic E-state index is 0.230. The number of aliphatic carboxylic acids is 1. The van der Waals surface area contributed by atoms with Gasteiger partial charge in [-0.2, -0.15) is 11.8 Å². The first-order valence-corrected chi connectivity index (χ1v) is 8.60. The molecule has 0 aromatic heterocycles. The van der Waals surface area contributed by atoms with Crippen molar-refractivity contribution in [1.29, 1.82) is 0 Å². The van der Waals surface area contributed by atoms with Crippen molar-refractivity contribution in [2.75, 3.05) is 19.1 Å². The van der Waals surface area contributed by atoms with Gasteiger partial charge in [-0.15, -0.1) is 0 Å². The van der Waals surface area contributed by atoms with Crippen LogP contribution in [0.4, 0.5) is 4.79 Å². The van der Waals surface area contributed by atoms with E-state index in [1.54, 1.807) is 23.7 Å². The van der Waals surface area contributed by atoms with Gasteiger partial charge in [-0.1, -0.05) is 19.8 Å². The summed E-state index contributed by atoms with van der Waals surface area (Å²) in [7, 11) is 1.77. The molecule has 0 aromatic rings. The Hall–Kier alpha value is -0.910. The van der Waals surface area contributed by atoms with Gasteiger partial charge >= 0.3 is 12.0 Å². The van der Waals surface area contributed by atoms with Gasteiger partial charge in [0.05, 0.1) is 0 Å². The van der Waals surface area contributed by atoms with Crippen molar-refractivity contribution in [1.82, 2.24) is 10.2 Å². The van der Waals surface area contributed by atoms with E-state index in [0.29, 0.717) is 12.3 Å². The predicted octanol–water partition coefficient (Wildman–Crippen LogP) is 2.41. The third kappa shape index (κ3) is 5.23. The Morgan fingerprint density at radius 2 is 2.15 bits per heavy atom. The first kappa shape index (κ1) is 17.1. The Kier molecular flexibility index (Phi) is 7.19. The van der Waals surface area contributed by atoms with Crippen LogP contribution in [0, 0.1) is 5.92 Å². The number of nitrogens with zero attached hydrogens (tertiary/aromatic N) is 1. The number of amides is 2. The van der Waals surface area contributed by atoms with Gasteiger partial charge < -0.3 is 15.3 Å². The maximum absolute atomic E-state index is 12.2. The predicted molar refractivity (Wildman–Crippen MR) is 82.1 cm³/mol. The Morgan fingerprint density at radius 3 is 2.70 bits per heavy atom. The van der Waals surface area contributed by atoms with E-state index in [1.165, 1.54) is 6.42 Å². The molecule has 20 heavy (non-hydrogen) atoms. The number of carboxylic acids is 1. The van der Waals surface area contributed by atoms with Crippen molar-refractivity contribution in [2.24, 2.45) is 5.92 Å². The molecule has 1 aliphatic carbocycles. The molecule has 5 nitrogen and oxygen atoms in total. The van der Waals surface area contributed by atoms with E-state index >= 15 is 0 Å². The van der Waals surface area contributed by atoms with E-state index in [9.17, 15) is 9.59 Å². The molecule has 0 bridgehead atoms. The van der Waals surface area contributed by atoms with Crippen LogP contribution < -0.4 is 5.32 Å². The van der Waals surface area contributed by atoms with E-state index < -0.39 is 12.0 Å². The fourth-order valence-corrected chi connectivity index (χ4v) is 3.14. The lowest BCUT2D eigenvalue weighted by molar-refractivity contribution is -0.139. The lowest BCUT2D eigenvalue weighted by Gasteiger charge is -2.34. The molecular weight excluding hydrogens is 276 g/mol. The second-order valence-electron chi connectivity index (χ2n) is 5.66. The first-order valence-electron chi connectivity index (χ1n) is 7.20. The fourth-order valence-electron chi connectivity index (χ4n) is 2.66. The molecule has 0 heterocycles. The van der Waals surface area contributed by atoms with Crippen molar-refractivity contribution in [3.05, 3.63) is 0 Å². The minimum atomic E-state index is -0.960. The zero-order valence-electron chi connectivity index (χ0n) is 12.6. The third-order valence-electron chi connectivity index (χ3n) is 3.98. The first-order chi connectivity index (χ1) is 9.45. The van der Waals surface area contributed by atoms with Crippen LogP contribution in [0.15, 0.2) is 0 Å². The van der Waals surface area contributed by atoms with Crippen LogP contribution in [-0.2, 0) is 4.79 Å². The van der Waals surface area contributed by atoms with E-state index in [0.717, 1.165) is 25.0 Å². The molecule has 0 aromatic carbocycles. The molecule has 2 N–H and O–H groups in total. The lowest BCUT2D eigenvalue weighted by atomic mass is 9.86. The number of thioether (sulfide) groups is 1. The highest BCUT2D eigenvalue weighted by Crippen LogP contribution is 2.26. The lowest BCUT2D eigenvalue weighted by Crippen LogP contribution is -2.50. The minimum Gasteiger partial charge on any atom is -0.480 e. The van der Waals surface area contributed by atoms with E-state index in [4.69, 9.17) is 5.11 Å². The highest BCUT2D eigenvalue weighted by Gasteiger charge is 2.28. The molecule has 1 saturated carbocycles. The highest BCUT2D eigenvalue weighted by atomic mass is 32.2. The average molecular weight is 302 g/mol. The molecule has 1 fully saturated rings. The molecule has 6 heteroatoms. The van der Waals surface area contributed by atoms with Crippen LogP contribution >= 0.6 is 11.8 Å². The Morgan fingerprint density at radius 1 is 1.45 bits per heavy atom. The molecule has 116 valence electrons. The normalized spacial score (nSPS) is 23.9. The molecule has 0 saturated heterocycles. The van der Waals surface area contributed by atoms with Gasteiger partial charge in [0.25, 0.3) is 0 Å². The van der Waals surface area contributed by atoms with Crippen LogP contribution in [0.25, 0.3) is 0 Å². The van der Waals surface area contributed by atoms with Crippen LogP contribution in [0.5, 0.6) is 0 Å². The van der Waals surface area contributed by atoms with Gasteiger partial charge in [0.1, 0.15) is 6.04 Å². The number of nitrogens with one attached hydrogen (secondary N) is 1. The van der Waals surface area contributed by atoms with Gasteiger partial charge in [-0.25, -0.2) is 9.59 Å². The monoisotopic (exact) mass is 302 g/mol. The SMILES string of the molecule is CSCC[C@@H](NC(=O)N(C)C1CCCC(C)C1)C(=O)O. The number of carbonyl (C=O) groups excluding carboxylic acids is 1. The van der Waals surface area contributed by atoms with Gasteiger partial charge in [0, 0.05) is 13.1 Å². The molecule has 0 spiro atoms. The van der Waals surface area contributed by atoms with Crippen LogP contribution in [-0.4, -0.2) is 53.1 Å². The van der Waals surface area contributed by atoms with E-state index in [-0.39, 0.29) is 12.1 Å². The second-order valence-corrected chi connectivity index (χ2v) is 6.64. The third-order valence-corrected chi connectivity index (χ3v) is 4.63. The summed E-state index contributed by atoms with van der Waals surface area (Å²) in [6.07, 6.45) is 6.76. The molecule has 2 unspecified atom stereocenters. The summed E-state index contributed by atoms with van der Waals surface area (Å²) in [6, 6.07) is -0.829. The summed E-state index contributed by atoms with van der Waals surface area (Å²) in [6.45, 7) is 2.20. The van der Waals surface area contributed by atoms with Crippen molar-refractivity contribution < 1.29 is 14.7 Å². The van der Waals surface area contributed by atoms with Crippen molar-refractivity contribution >= 4 is 23.8 Å². The average Bonchev–Trinajstić information content (AvgIpc) is 2.42. The summed E-state index contributed by atoms with van der Waals surface area (Å²) < 4.78 is 0. The smallest absolute Gasteiger partial charge is 0.326 e. The van der Waals surface area contributed by atoms with Crippen molar-refractivity contribution in [3.63, 3.8) is 0 Å². The standard InChI is InChI=1S/C14H26N2O3S/c1-10-5-4-6-11(9-10)16(2)14(19)15-12(13(17)18)7-8-20-3/h10-12H,4-9H2,1-3H3,(H,15,19)(H,17,18)/t10?,11?,12-/m1/s1. The summed E-state index contributed by atoms with van der Waals surface area (Å²) in [5.41, 5.74) is 0. The zero-order valence-corrected chi connectivity index (χ0v) is 13.4. The van der Waals surface area contributed by atoms with Crippen molar-refractivity contribution in [2.45, 2.75) is 51.1 Å². The highest BCUT2D eigenvalue weighted by molar-refractivity contribution is 7.98. The maximum atomic E-state index is 12.2. The quantitative estimate of drug-likeness (QED) is 0.790. The van der Waals surface area contributed by atoms with Gasteiger partial charge in [0.2, 0.25) is 0 Å². The largest absolute Gasteiger partial charge is 0.480 e. The van der Waals surface area contributed by atoms with Gasteiger partial charge in [-0.3, -0.25) is 0 Å². The summed E-state index contributed by atoms with van der Waals surface area (Å²) >= 11 is 1.58. The topological polar surface area (TPSA) is 69.6 Å². The Bertz CT molecular complexity index is 338. The van der Waals surface area contributed by atoms with Crippen LogP contribution in [0.3, 0.4) is 0 Å². The van der Waals surface area contributed by atoms with Gasteiger partial charge in [0.15, 0.2) is 0 Å². The summed E-state index contributed by atoms with van der Waals surface area (Å²) in [5, 5.41) is 11.8. The van der Waals surface area contributed by atoms with Crippen molar-refractivity contribution in [3.8, 4) is 0 Å². The molecular formula is C14H26N2O3S. The molecule has 1 aliphatic rings. The summed E-state index contributed by atoms with van der Waals surface area (Å²) in [4.78, 5) is 25.0. The molecule has 0 aliphatic heterocycles. The summed E-state index contributed by atoms with van der Waals surface area (Å²) in [5.74, 6) is 0.398. The molecule has 2 amide bonds. The number of urea groups is 1. The fraction of sp³-hybridized carbons (Fsp3) is 0.857. The molecule has 1 rings (SSSR count). The molecule has 0 radical (unpaired) electrons. The number of carbonyl (C=O) groups is 2. The van der Waals surface area contributed by atoms with E-state index in [1.807, 2.05) is 6.26 Å². The van der Waals surface area contributed by atoms with E-state index in [2.05, 4.69) is 12.2 Å². The second kappa shape index (κ2) is 8.39. The van der Waals surface area contributed by atoms with Crippen LogP contribution in [0.2, 0.25) is 0 Å². The van der Waals surface area contributed by atoms with Gasteiger partial charge in [-0.05, 0) is 37.2 Å². The number of carboxylic acid groups (broad SMARTS) is 1. The number of hydrogen-bond acceptors (Lipinski definition) is 3.